The third kappa shape index (κ3) is 1.81. The molecule has 0 unspecified atom stereocenters. The molecule has 2 heteroatoms. The molecule has 78 valence electrons. The van der Waals surface area contributed by atoms with Gasteiger partial charge >= 0.3 is 0 Å². The zero-order chi connectivity index (χ0) is 10.7. The van der Waals surface area contributed by atoms with Crippen molar-refractivity contribution in [2.75, 3.05) is 14.2 Å². The van der Waals surface area contributed by atoms with Crippen LogP contribution in [0.15, 0.2) is 36.4 Å². The van der Waals surface area contributed by atoms with E-state index in [1.54, 1.807) is 7.11 Å². The lowest BCUT2D eigenvalue weighted by molar-refractivity contribution is 0.409. The number of benzene rings is 2. The smallest absolute Gasteiger partial charge is 0.123 e. The second-order valence-corrected chi connectivity index (χ2v) is 3.50. The zero-order valence-corrected chi connectivity index (χ0v) is 9.08. The average Bonchev–Trinajstić information content (AvgIpc) is 2.30. The summed E-state index contributed by atoms with van der Waals surface area (Å²) < 4.78 is 5.37. The van der Waals surface area contributed by atoms with Gasteiger partial charge in [0, 0.05) is 12.1 Å². The molecule has 0 fully saturated rings. The fraction of sp³-hybridized carbons (Fsp3) is 0.231. The topological polar surface area (TPSA) is 21.3 Å². The van der Waals surface area contributed by atoms with Crippen molar-refractivity contribution in [3.8, 4) is 5.75 Å². The molecule has 0 aliphatic heterocycles. The molecule has 0 saturated heterocycles. The van der Waals surface area contributed by atoms with Crippen LogP contribution in [0.2, 0.25) is 0 Å². The van der Waals surface area contributed by atoms with Crippen LogP contribution in [0.3, 0.4) is 0 Å². The van der Waals surface area contributed by atoms with Crippen LogP contribution < -0.4 is 10.1 Å². The zero-order valence-electron chi connectivity index (χ0n) is 9.08. The Hall–Kier alpha value is -1.54. The van der Waals surface area contributed by atoms with Gasteiger partial charge in [-0.05, 0) is 23.9 Å². The van der Waals surface area contributed by atoms with Gasteiger partial charge in [-0.3, -0.25) is 0 Å². The van der Waals surface area contributed by atoms with Crippen molar-refractivity contribution in [3.05, 3.63) is 42.0 Å². The summed E-state index contributed by atoms with van der Waals surface area (Å²) in [5, 5.41) is 5.68. The molecule has 2 aromatic carbocycles. The summed E-state index contributed by atoms with van der Waals surface area (Å²) in [5.74, 6) is 0.947. The van der Waals surface area contributed by atoms with Crippen LogP contribution in [0.25, 0.3) is 10.8 Å². The monoisotopic (exact) mass is 201 g/mol. The van der Waals surface area contributed by atoms with Crippen LogP contribution in [0.5, 0.6) is 5.75 Å². The molecule has 0 spiro atoms. The molecule has 2 rings (SSSR count). The Morgan fingerprint density at radius 2 is 1.93 bits per heavy atom. The third-order valence-electron chi connectivity index (χ3n) is 2.57. The summed E-state index contributed by atoms with van der Waals surface area (Å²) in [7, 11) is 3.66. The van der Waals surface area contributed by atoms with Gasteiger partial charge in [0.15, 0.2) is 0 Å². The standard InChI is InChI=1S/C13H15NO/c1-14-9-12-11-6-4-3-5-10(11)7-8-13(12)15-2/h3-8,14H,9H2,1-2H3. The van der Waals surface area contributed by atoms with Gasteiger partial charge in [0.25, 0.3) is 0 Å². The number of ether oxygens (including phenoxy) is 1. The van der Waals surface area contributed by atoms with Crippen LogP contribution in [0.1, 0.15) is 5.56 Å². The van der Waals surface area contributed by atoms with Gasteiger partial charge in [0.1, 0.15) is 5.75 Å². The van der Waals surface area contributed by atoms with E-state index in [2.05, 4.69) is 35.6 Å². The van der Waals surface area contributed by atoms with Gasteiger partial charge in [0.05, 0.1) is 7.11 Å². The van der Waals surface area contributed by atoms with Crippen LogP contribution in [0, 0.1) is 0 Å². The minimum atomic E-state index is 0.824. The lowest BCUT2D eigenvalue weighted by Crippen LogP contribution is -2.07. The van der Waals surface area contributed by atoms with E-state index in [1.807, 2.05) is 13.1 Å². The first-order valence-electron chi connectivity index (χ1n) is 5.06. The first-order chi connectivity index (χ1) is 7.36. The number of nitrogens with one attached hydrogen (secondary N) is 1. The van der Waals surface area contributed by atoms with Crippen LogP contribution in [-0.2, 0) is 6.54 Å². The number of fused-ring (bicyclic) bond motifs is 1. The van der Waals surface area contributed by atoms with Gasteiger partial charge in [-0.25, -0.2) is 0 Å². The van der Waals surface area contributed by atoms with Crippen molar-refractivity contribution in [2.45, 2.75) is 6.54 Å². The van der Waals surface area contributed by atoms with E-state index in [0.717, 1.165) is 12.3 Å². The van der Waals surface area contributed by atoms with E-state index in [4.69, 9.17) is 4.74 Å². The molecule has 0 radical (unpaired) electrons. The highest BCUT2D eigenvalue weighted by Gasteiger charge is 2.06. The molecule has 0 aromatic heterocycles. The molecule has 2 nitrogen and oxygen atoms in total. The SMILES string of the molecule is CNCc1c(OC)ccc2ccccc12. The molecule has 2 aromatic rings. The highest BCUT2D eigenvalue weighted by molar-refractivity contribution is 5.87. The van der Waals surface area contributed by atoms with Gasteiger partial charge in [-0.1, -0.05) is 30.3 Å². The highest BCUT2D eigenvalue weighted by Crippen LogP contribution is 2.27. The van der Waals surface area contributed by atoms with Crippen LogP contribution >= 0.6 is 0 Å². The summed E-state index contributed by atoms with van der Waals surface area (Å²) in [5.41, 5.74) is 1.22. The van der Waals surface area contributed by atoms with E-state index in [9.17, 15) is 0 Å². The summed E-state index contributed by atoms with van der Waals surface area (Å²) in [6, 6.07) is 12.5. The van der Waals surface area contributed by atoms with Crippen molar-refractivity contribution < 1.29 is 4.74 Å². The van der Waals surface area contributed by atoms with Gasteiger partial charge in [-0.15, -0.1) is 0 Å². The predicted octanol–water partition coefficient (Wildman–Crippen LogP) is 2.57. The first-order valence-corrected chi connectivity index (χ1v) is 5.06. The molecule has 0 bridgehead atoms. The first kappa shape index (κ1) is 9.99. The van der Waals surface area contributed by atoms with E-state index in [-0.39, 0.29) is 0 Å². The highest BCUT2D eigenvalue weighted by atomic mass is 16.5. The van der Waals surface area contributed by atoms with Gasteiger partial charge in [0.2, 0.25) is 0 Å². The number of rotatable bonds is 3. The molecule has 0 aliphatic carbocycles. The molecule has 15 heavy (non-hydrogen) atoms. The maximum absolute atomic E-state index is 5.37. The molecule has 0 heterocycles. The van der Waals surface area contributed by atoms with Gasteiger partial charge in [-0.2, -0.15) is 0 Å². The normalized spacial score (nSPS) is 10.5. The van der Waals surface area contributed by atoms with E-state index in [1.165, 1.54) is 16.3 Å². The maximum atomic E-state index is 5.37. The molecule has 0 saturated carbocycles. The van der Waals surface area contributed by atoms with Crippen LogP contribution in [0.4, 0.5) is 0 Å². The Labute approximate surface area is 89.9 Å². The Bertz CT molecular complexity index is 465. The Morgan fingerprint density at radius 3 is 2.67 bits per heavy atom. The second-order valence-electron chi connectivity index (χ2n) is 3.50. The summed E-state index contributed by atoms with van der Waals surface area (Å²) in [6.45, 7) is 0.824. The molecule has 0 aliphatic rings. The van der Waals surface area contributed by atoms with Crippen molar-refractivity contribution in [1.82, 2.24) is 5.32 Å². The number of hydrogen-bond acceptors (Lipinski definition) is 2. The second kappa shape index (κ2) is 4.32. The maximum Gasteiger partial charge on any atom is 0.123 e. The quantitative estimate of drug-likeness (QED) is 0.824. The lowest BCUT2D eigenvalue weighted by Gasteiger charge is -2.11. The van der Waals surface area contributed by atoms with Crippen molar-refractivity contribution in [3.63, 3.8) is 0 Å². The molecular weight excluding hydrogens is 186 g/mol. The average molecular weight is 201 g/mol. The summed E-state index contributed by atoms with van der Waals surface area (Å²) in [6.07, 6.45) is 0. The Balaban J connectivity index is 2.67. The Kier molecular flexibility index (Phi) is 2.88. The molecule has 0 amide bonds. The Morgan fingerprint density at radius 1 is 1.13 bits per heavy atom. The predicted molar refractivity (Wildman–Crippen MR) is 63.3 cm³/mol. The molecule has 0 atom stereocenters. The van der Waals surface area contributed by atoms with E-state index >= 15 is 0 Å². The lowest BCUT2D eigenvalue weighted by atomic mass is 10.0. The summed E-state index contributed by atoms with van der Waals surface area (Å²) in [4.78, 5) is 0. The fourth-order valence-electron chi connectivity index (χ4n) is 1.87. The van der Waals surface area contributed by atoms with Crippen molar-refractivity contribution in [2.24, 2.45) is 0 Å². The molecular formula is C13H15NO. The third-order valence-corrected chi connectivity index (χ3v) is 2.57. The van der Waals surface area contributed by atoms with Crippen molar-refractivity contribution in [1.29, 1.82) is 0 Å². The van der Waals surface area contributed by atoms with Crippen LogP contribution in [-0.4, -0.2) is 14.2 Å². The fourth-order valence-corrected chi connectivity index (χ4v) is 1.87. The minimum Gasteiger partial charge on any atom is -0.496 e. The number of methoxy groups -OCH3 is 1. The van der Waals surface area contributed by atoms with E-state index < -0.39 is 0 Å². The van der Waals surface area contributed by atoms with E-state index in [0.29, 0.717) is 0 Å². The molecule has 1 N–H and O–H groups in total. The largest absolute Gasteiger partial charge is 0.496 e. The number of hydrogen-bond donors (Lipinski definition) is 1. The summed E-state index contributed by atoms with van der Waals surface area (Å²) >= 11 is 0. The van der Waals surface area contributed by atoms with Crippen molar-refractivity contribution >= 4 is 10.8 Å². The van der Waals surface area contributed by atoms with Gasteiger partial charge < -0.3 is 10.1 Å². The minimum absolute atomic E-state index is 0.824.